The highest BCUT2D eigenvalue weighted by atomic mass is 16.4. The number of unbranched alkanes of at least 4 members (excludes halogenated alkanes) is 6. The molecule has 10 rings (SSSR count). The molecule has 284 valence electrons. The molecule has 6 aromatic carbocycles. The minimum Gasteiger partial charge on any atom is -0.416 e. The van der Waals surface area contributed by atoms with Crippen molar-refractivity contribution in [2.24, 2.45) is 0 Å². The summed E-state index contributed by atoms with van der Waals surface area (Å²) in [6.07, 6.45) is 12.5. The molecule has 7 aromatic rings. The molecule has 0 bridgehead atoms. The van der Waals surface area contributed by atoms with E-state index in [1.165, 1.54) is 142 Å². The van der Waals surface area contributed by atoms with Gasteiger partial charge in [-0.3, -0.25) is 0 Å². The van der Waals surface area contributed by atoms with Crippen molar-refractivity contribution in [3.8, 4) is 56.3 Å². The van der Waals surface area contributed by atoms with Gasteiger partial charge in [0.2, 0.25) is 11.8 Å². The smallest absolute Gasteiger partial charge is 0.248 e. The van der Waals surface area contributed by atoms with E-state index in [0.717, 1.165) is 11.1 Å². The van der Waals surface area contributed by atoms with Crippen molar-refractivity contribution in [2.75, 3.05) is 0 Å². The molecule has 1 heterocycles. The van der Waals surface area contributed by atoms with E-state index in [1.807, 2.05) is 0 Å². The van der Waals surface area contributed by atoms with E-state index in [4.69, 9.17) is 14.6 Å². The molecule has 57 heavy (non-hydrogen) atoms. The molecule has 0 radical (unpaired) electrons. The molecule has 0 fully saturated rings. The minimum atomic E-state index is -0.370. The van der Waals surface area contributed by atoms with Crippen LogP contribution in [0.2, 0.25) is 0 Å². The van der Waals surface area contributed by atoms with Crippen LogP contribution < -0.4 is 0 Å². The van der Waals surface area contributed by atoms with E-state index < -0.39 is 0 Å². The fourth-order valence-corrected chi connectivity index (χ4v) is 11.1. The molecule has 3 heteroatoms. The largest absolute Gasteiger partial charge is 0.416 e. The van der Waals surface area contributed by atoms with E-state index >= 15 is 0 Å². The Hall–Kier alpha value is -5.54. The quantitative estimate of drug-likeness (QED) is 0.117. The van der Waals surface area contributed by atoms with Crippen molar-refractivity contribution < 1.29 is 4.42 Å². The Balaban J connectivity index is 1.09. The first kappa shape index (κ1) is 35.8. The monoisotopic (exact) mass is 744 g/mol. The van der Waals surface area contributed by atoms with Gasteiger partial charge in [0, 0.05) is 16.5 Å². The van der Waals surface area contributed by atoms with Gasteiger partial charge in [-0.2, -0.15) is 0 Å². The zero-order chi connectivity index (χ0) is 38.7. The van der Waals surface area contributed by atoms with E-state index in [-0.39, 0.29) is 10.8 Å². The molecule has 0 amide bonds. The predicted molar refractivity (Wildman–Crippen MR) is 235 cm³/mol. The molecule has 0 unspecified atom stereocenters. The Bertz CT molecular complexity index is 2600. The molecular weight excluding hydrogens is 693 g/mol. The van der Waals surface area contributed by atoms with E-state index in [9.17, 15) is 0 Å². The lowest BCUT2D eigenvalue weighted by atomic mass is 9.70. The molecule has 0 saturated heterocycles. The first-order valence-corrected chi connectivity index (χ1v) is 21.5. The second-order valence-corrected chi connectivity index (χ2v) is 17.0. The maximum Gasteiger partial charge on any atom is 0.248 e. The van der Waals surface area contributed by atoms with Crippen molar-refractivity contribution in [1.29, 1.82) is 0 Å². The second kappa shape index (κ2) is 14.1. The van der Waals surface area contributed by atoms with E-state index in [1.54, 1.807) is 0 Å². The summed E-state index contributed by atoms with van der Waals surface area (Å²) >= 11 is 0. The molecule has 0 N–H and O–H groups in total. The number of aryl methyl sites for hydroxylation is 2. The molecule has 1 aromatic heterocycles. The Morgan fingerprint density at radius 2 is 1.00 bits per heavy atom. The first-order chi connectivity index (χ1) is 28.0. The lowest BCUT2D eigenvalue weighted by Gasteiger charge is -2.33. The number of aromatic nitrogens is 2. The van der Waals surface area contributed by atoms with Crippen molar-refractivity contribution in [3.05, 3.63) is 166 Å². The van der Waals surface area contributed by atoms with Gasteiger partial charge in [-0.15, -0.1) is 10.2 Å². The predicted octanol–water partition coefficient (Wildman–Crippen LogP) is 14.6. The number of hydrogen-bond donors (Lipinski definition) is 0. The zero-order valence-corrected chi connectivity index (χ0v) is 33.9. The van der Waals surface area contributed by atoms with Gasteiger partial charge in [0.1, 0.15) is 0 Å². The maximum absolute atomic E-state index is 6.82. The number of rotatable bonds is 12. The standard InChI is InChI=1S/C54H52N2O/c1-5-7-9-17-29-53(30-18-10-8-6-2)48-32-35(3)25-27-41(48)50-43(31-36(4)33-49(50)53)52-56-55-51(57-52)37-26-28-47-42(34-37)40-21-13-16-24-46(40)54(47)44-22-14-11-19-38(44)39-20-12-15-23-45(39)54/h11-16,19-28,31-34H,5-10,17-18,29-30H2,1-4H3. The zero-order valence-electron chi connectivity index (χ0n) is 33.9. The van der Waals surface area contributed by atoms with Gasteiger partial charge in [-0.05, 0) is 117 Å². The van der Waals surface area contributed by atoms with Gasteiger partial charge in [-0.1, -0.05) is 174 Å². The summed E-state index contributed by atoms with van der Waals surface area (Å²) in [5.41, 5.74) is 20.2. The number of nitrogens with zero attached hydrogens (tertiary/aromatic N) is 2. The van der Waals surface area contributed by atoms with E-state index in [0.29, 0.717) is 11.8 Å². The molecule has 0 atom stereocenters. The van der Waals surface area contributed by atoms with Crippen molar-refractivity contribution >= 4 is 0 Å². The van der Waals surface area contributed by atoms with Crippen LogP contribution in [0, 0.1) is 13.8 Å². The average Bonchev–Trinajstić information content (AvgIpc) is 3.98. The van der Waals surface area contributed by atoms with Gasteiger partial charge >= 0.3 is 0 Å². The van der Waals surface area contributed by atoms with Gasteiger partial charge in [0.25, 0.3) is 0 Å². The molecular formula is C54H52N2O. The van der Waals surface area contributed by atoms with Crippen LogP contribution in [0.1, 0.15) is 123 Å². The first-order valence-electron chi connectivity index (χ1n) is 21.5. The Morgan fingerprint density at radius 3 is 1.63 bits per heavy atom. The summed E-state index contributed by atoms with van der Waals surface area (Å²) < 4.78 is 6.82. The summed E-state index contributed by atoms with van der Waals surface area (Å²) in [6.45, 7) is 9.11. The molecule has 3 aliphatic carbocycles. The highest BCUT2D eigenvalue weighted by Gasteiger charge is 2.51. The number of hydrogen-bond acceptors (Lipinski definition) is 3. The molecule has 1 spiro atoms. The summed E-state index contributed by atoms with van der Waals surface area (Å²) in [5, 5.41) is 9.63. The third kappa shape index (κ3) is 5.38. The van der Waals surface area contributed by atoms with Crippen LogP contribution in [0.4, 0.5) is 0 Å². The fourth-order valence-electron chi connectivity index (χ4n) is 11.1. The minimum absolute atomic E-state index is 0.0113. The van der Waals surface area contributed by atoms with Crippen LogP contribution in [-0.4, -0.2) is 10.2 Å². The SMILES string of the molecule is CCCCCCC1(CCCCCC)c2cc(C)ccc2-c2c(-c3nnc(-c4ccc5c(c4)-c4ccccc4C54c5ccccc5-c5ccccc54)o3)cc(C)cc21. The second-order valence-electron chi connectivity index (χ2n) is 17.0. The fraction of sp³-hybridized carbons (Fsp3) is 0.296. The normalized spacial score (nSPS) is 14.6. The summed E-state index contributed by atoms with van der Waals surface area (Å²) in [7, 11) is 0. The third-order valence-corrected chi connectivity index (χ3v) is 13.6. The Kier molecular flexibility index (Phi) is 8.89. The lowest BCUT2D eigenvalue weighted by Crippen LogP contribution is -2.26. The average molecular weight is 745 g/mol. The van der Waals surface area contributed by atoms with Crippen molar-refractivity contribution in [1.82, 2.24) is 10.2 Å². The lowest BCUT2D eigenvalue weighted by molar-refractivity contribution is 0.400. The topological polar surface area (TPSA) is 38.9 Å². The number of benzene rings is 6. The van der Waals surface area contributed by atoms with Crippen LogP contribution in [0.3, 0.4) is 0 Å². The Labute approximate surface area is 338 Å². The summed E-state index contributed by atoms with van der Waals surface area (Å²) in [4.78, 5) is 0. The van der Waals surface area contributed by atoms with Gasteiger partial charge in [-0.25, -0.2) is 0 Å². The molecule has 3 aliphatic rings. The number of fused-ring (bicyclic) bond motifs is 13. The molecule has 3 nitrogen and oxygen atoms in total. The van der Waals surface area contributed by atoms with Crippen LogP contribution >= 0.6 is 0 Å². The highest BCUT2D eigenvalue weighted by molar-refractivity contribution is 5.96. The third-order valence-electron chi connectivity index (χ3n) is 13.6. The van der Waals surface area contributed by atoms with Crippen LogP contribution in [0.15, 0.2) is 126 Å². The van der Waals surface area contributed by atoms with Gasteiger partial charge < -0.3 is 4.42 Å². The summed E-state index contributed by atoms with van der Waals surface area (Å²) in [6, 6.07) is 45.6. The van der Waals surface area contributed by atoms with Crippen molar-refractivity contribution in [3.63, 3.8) is 0 Å². The highest BCUT2D eigenvalue weighted by Crippen LogP contribution is 2.63. The Morgan fingerprint density at radius 1 is 0.439 bits per heavy atom. The van der Waals surface area contributed by atoms with E-state index in [2.05, 4.69) is 149 Å². The van der Waals surface area contributed by atoms with Gasteiger partial charge in [0.15, 0.2) is 0 Å². The van der Waals surface area contributed by atoms with Crippen LogP contribution in [0.25, 0.3) is 56.3 Å². The summed E-state index contributed by atoms with van der Waals surface area (Å²) in [5.74, 6) is 1.15. The molecule has 0 aliphatic heterocycles. The van der Waals surface area contributed by atoms with Gasteiger partial charge in [0.05, 0.1) is 5.41 Å². The van der Waals surface area contributed by atoms with Crippen molar-refractivity contribution in [2.45, 2.75) is 103 Å². The van der Waals surface area contributed by atoms with Crippen LogP contribution in [0.5, 0.6) is 0 Å². The maximum atomic E-state index is 6.82. The van der Waals surface area contributed by atoms with Crippen LogP contribution in [-0.2, 0) is 10.8 Å². The molecule has 0 saturated carbocycles.